The summed E-state index contributed by atoms with van der Waals surface area (Å²) in [6, 6.07) is 9.56. The van der Waals surface area contributed by atoms with Gasteiger partial charge >= 0.3 is 0 Å². The fourth-order valence-corrected chi connectivity index (χ4v) is 3.00. The first-order valence-corrected chi connectivity index (χ1v) is 7.94. The van der Waals surface area contributed by atoms with Crippen molar-refractivity contribution in [3.05, 3.63) is 46.6 Å². The number of hydrogen-bond donors (Lipinski definition) is 2. The topological polar surface area (TPSA) is 48.4 Å². The van der Waals surface area contributed by atoms with Gasteiger partial charge in [0.2, 0.25) is 0 Å². The zero-order valence-electron chi connectivity index (χ0n) is 11.7. The highest BCUT2D eigenvalue weighted by molar-refractivity contribution is 9.10. The van der Waals surface area contributed by atoms with Gasteiger partial charge in [-0.2, -0.15) is 0 Å². The molecule has 0 saturated carbocycles. The Morgan fingerprint density at radius 3 is 2.81 bits per heavy atom. The molecule has 2 heterocycles. The average molecular weight is 348 g/mol. The molecule has 1 saturated heterocycles. The minimum Gasteiger partial charge on any atom is -0.507 e. The van der Waals surface area contributed by atoms with Crippen LogP contribution in [0.3, 0.4) is 0 Å². The third kappa shape index (κ3) is 3.29. The second-order valence-corrected chi connectivity index (χ2v) is 6.06. The predicted octanol–water partition coefficient (Wildman–Crippen LogP) is 3.76. The van der Waals surface area contributed by atoms with Gasteiger partial charge in [-0.3, -0.25) is 0 Å². The molecule has 1 aromatic carbocycles. The molecule has 1 aliphatic heterocycles. The summed E-state index contributed by atoms with van der Waals surface area (Å²) in [5.74, 6) is 1.30. The SMILES string of the molecule is Oc1ccc(CNc2cccnc2N2CCCC2)cc1Br. The van der Waals surface area contributed by atoms with Gasteiger partial charge in [-0.1, -0.05) is 6.07 Å². The number of phenols is 1. The third-order valence-electron chi connectivity index (χ3n) is 3.69. The molecule has 2 aromatic rings. The lowest BCUT2D eigenvalue weighted by Gasteiger charge is -2.20. The van der Waals surface area contributed by atoms with Crippen molar-refractivity contribution in [1.82, 2.24) is 4.98 Å². The van der Waals surface area contributed by atoms with Crippen LogP contribution in [0, 0.1) is 0 Å². The number of hydrogen-bond acceptors (Lipinski definition) is 4. The first kappa shape index (κ1) is 14.2. The monoisotopic (exact) mass is 347 g/mol. The largest absolute Gasteiger partial charge is 0.507 e. The zero-order valence-corrected chi connectivity index (χ0v) is 13.3. The molecule has 0 bridgehead atoms. The summed E-state index contributed by atoms with van der Waals surface area (Å²) in [5.41, 5.74) is 2.17. The van der Waals surface area contributed by atoms with Crippen molar-refractivity contribution < 1.29 is 5.11 Å². The molecule has 5 heteroatoms. The molecule has 0 unspecified atom stereocenters. The molecule has 1 aromatic heterocycles. The van der Waals surface area contributed by atoms with E-state index in [1.54, 1.807) is 6.07 Å². The van der Waals surface area contributed by atoms with Crippen LogP contribution in [0.2, 0.25) is 0 Å². The average Bonchev–Trinajstić information content (AvgIpc) is 3.03. The highest BCUT2D eigenvalue weighted by Crippen LogP contribution is 2.28. The maximum absolute atomic E-state index is 9.53. The highest BCUT2D eigenvalue weighted by atomic mass is 79.9. The number of phenolic OH excluding ortho intramolecular Hbond substituents is 1. The molecule has 0 atom stereocenters. The van der Waals surface area contributed by atoms with Gasteiger partial charge in [0.1, 0.15) is 5.75 Å². The van der Waals surface area contributed by atoms with Gasteiger partial charge in [-0.05, 0) is 58.6 Å². The molecule has 1 fully saturated rings. The first-order chi connectivity index (χ1) is 10.2. The Hall–Kier alpha value is -1.75. The van der Waals surface area contributed by atoms with Crippen molar-refractivity contribution in [2.24, 2.45) is 0 Å². The Balaban J connectivity index is 1.74. The summed E-state index contributed by atoms with van der Waals surface area (Å²) in [4.78, 5) is 6.85. The summed E-state index contributed by atoms with van der Waals surface area (Å²) in [7, 11) is 0. The fraction of sp³-hybridized carbons (Fsp3) is 0.312. The van der Waals surface area contributed by atoms with Crippen molar-refractivity contribution in [2.75, 3.05) is 23.3 Å². The normalized spacial score (nSPS) is 14.4. The number of benzene rings is 1. The van der Waals surface area contributed by atoms with Gasteiger partial charge in [0, 0.05) is 25.8 Å². The van der Waals surface area contributed by atoms with E-state index >= 15 is 0 Å². The lowest BCUT2D eigenvalue weighted by molar-refractivity contribution is 0.471. The van der Waals surface area contributed by atoms with Crippen LogP contribution in [0.1, 0.15) is 18.4 Å². The second kappa shape index (κ2) is 6.35. The van der Waals surface area contributed by atoms with E-state index in [4.69, 9.17) is 0 Å². The minimum absolute atomic E-state index is 0.262. The van der Waals surface area contributed by atoms with Crippen LogP contribution >= 0.6 is 15.9 Å². The predicted molar refractivity (Wildman–Crippen MR) is 88.8 cm³/mol. The molecule has 0 amide bonds. The number of aromatic hydroxyl groups is 1. The van der Waals surface area contributed by atoms with Gasteiger partial charge in [0.15, 0.2) is 5.82 Å². The third-order valence-corrected chi connectivity index (χ3v) is 4.32. The van der Waals surface area contributed by atoms with Crippen LogP contribution in [-0.4, -0.2) is 23.2 Å². The molecule has 0 radical (unpaired) electrons. The van der Waals surface area contributed by atoms with Crippen LogP contribution in [-0.2, 0) is 6.54 Å². The smallest absolute Gasteiger partial charge is 0.151 e. The summed E-state index contributed by atoms with van der Waals surface area (Å²) < 4.78 is 0.716. The van der Waals surface area contributed by atoms with E-state index in [-0.39, 0.29) is 5.75 Å². The van der Waals surface area contributed by atoms with Gasteiger partial charge in [-0.15, -0.1) is 0 Å². The summed E-state index contributed by atoms with van der Waals surface area (Å²) >= 11 is 3.34. The van der Waals surface area contributed by atoms with Gasteiger partial charge in [-0.25, -0.2) is 4.98 Å². The number of anilines is 2. The Kier molecular flexibility index (Phi) is 4.29. The Bertz CT molecular complexity index is 627. The van der Waals surface area contributed by atoms with Gasteiger partial charge in [0.25, 0.3) is 0 Å². The Morgan fingerprint density at radius 2 is 2.05 bits per heavy atom. The molecule has 0 aliphatic carbocycles. The van der Waals surface area contributed by atoms with Crippen LogP contribution in [0.4, 0.5) is 11.5 Å². The number of pyridine rings is 1. The number of nitrogens with zero attached hydrogens (tertiary/aromatic N) is 2. The molecule has 4 nitrogen and oxygen atoms in total. The number of aromatic nitrogens is 1. The van der Waals surface area contributed by atoms with Crippen LogP contribution in [0.25, 0.3) is 0 Å². The van der Waals surface area contributed by atoms with E-state index in [1.165, 1.54) is 12.8 Å². The first-order valence-electron chi connectivity index (χ1n) is 7.15. The standard InChI is InChI=1S/C16H18BrN3O/c17-13-10-12(5-6-15(13)21)11-19-14-4-3-7-18-16(14)20-8-1-2-9-20/h3-7,10,19,21H,1-2,8-9,11H2. The number of halogens is 1. The van der Waals surface area contributed by atoms with Crippen molar-refractivity contribution in [1.29, 1.82) is 0 Å². The van der Waals surface area contributed by atoms with Crippen molar-refractivity contribution in [3.8, 4) is 5.75 Å². The van der Waals surface area contributed by atoms with E-state index < -0.39 is 0 Å². The van der Waals surface area contributed by atoms with Crippen LogP contribution < -0.4 is 10.2 Å². The van der Waals surface area contributed by atoms with Crippen molar-refractivity contribution in [2.45, 2.75) is 19.4 Å². The maximum atomic E-state index is 9.53. The van der Waals surface area contributed by atoms with Crippen molar-refractivity contribution >= 4 is 27.4 Å². The van der Waals surface area contributed by atoms with E-state index in [0.29, 0.717) is 11.0 Å². The summed E-state index contributed by atoms with van der Waals surface area (Å²) in [5, 5.41) is 13.0. The maximum Gasteiger partial charge on any atom is 0.151 e. The van der Waals surface area contributed by atoms with Crippen LogP contribution in [0.5, 0.6) is 5.75 Å². The molecule has 2 N–H and O–H groups in total. The molecule has 21 heavy (non-hydrogen) atoms. The molecular formula is C16H18BrN3O. The molecule has 3 rings (SSSR count). The Labute approximate surface area is 132 Å². The fourth-order valence-electron chi connectivity index (χ4n) is 2.57. The molecular weight excluding hydrogens is 330 g/mol. The Morgan fingerprint density at radius 1 is 1.24 bits per heavy atom. The van der Waals surface area contributed by atoms with E-state index in [0.717, 1.165) is 30.2 Å². The van der Waals surface area contributed by atoms with E-state index in [1.807, 2.05) is 24.4 Å². The van der Waals surface area contributed by atoms with Crippen molar-refractivity contribution in [3.63, 3.8) is 0 Å². The summed E-state index contributed by atoms with van der Waals surface area (Å²) in [6.45, 7) is 2.86. The lowest BCUT2D eigenvalue weighted by atomic mass is 10.2. The molecule has 110 valence electrons. The van der Waals surface area contributed by atoms with E-state index in [2.05, 4.69) is 37.2 Å². The second-order valence-electron chi connectivity index (χ2n) is 5.21. The van der Waals surface area contributed by atoms with Gasteiger partial charge in [0.05, 0.1) is 10.2 Å². The minimum atomic E-state index is 0.262. The zero-order chi connectivity index (χ0) is 14.7. The molecule has 1 aliphatic rings. The highest BCUT2D eigenvalue weighted by Gasteiger charge is 2.16. The van der Waals surface area contributed by atoms with Crippen LogP contribution in [0.15, 0.2) is 41.0 Å². The summed E-state index contributed by atoms with van der Waals surface area (Å²) in [6.07, 6.45) is 4.32. The lowest BCUT2D eigenvalue weighted by Crippen LogP contribution is -2.20. The molecule has 0 spiro atoms. The van der Waals surface area contributed by atoms with Gasteiger partial charge < -0.3 is 15.3 Å². The van der Waals surface area contributed by atoms with E-state index in [9.17, 15) is 5.11 Å². The number of nitrogens with one attached hydrogen (secondary N) is 1. The quantitative estimate of drug-likeness (QED) is 0.883. The number of rotatable bonds is 4.